The Morgan fingerprint density at radius 1 is 1.12 bits per heavy atom. The highest BCUT2D eigenvalue weighted by atomic mass is 16.5. The molecule has 1 atom stereocenters. The smallest absolute Gasteiger partial charge is 0.337 e. The highest BCUT2D eigenvalue weighted by Crippen LogP contribution is 2.11. The van der Waals surface area contributed by atoms with Gasteiger partial charge in [-0.1, -0.05) is 12.1 Å². The third kappa shape index (κ3) is 4.68. The summed E-state index contributed by atoms with van der Waals surface area (Å²) in [4.78, 5) is 36.9. The van der Waals surface area contributed by atoms with E-state index in [9.17, 15) is 14.4 Å². The van der Waals surface area contributed by atoms with Crippen molar-refractivity contribution in [2.75, 3.05) is 20.2 Å². The van der Waals surface area contributed by atoms with E-state index in [0.29, 0.717) is 5.56 Å². The molecule has 1 aliphatic heterocycles. The fraction of sp³-hybridized carbons (Fsp3) is 0.389. The molecule has 1 aromatic carbocycles. The summed E-state index contributed by atoms with van der Waals surface area (Å²) in [5.74, 6) is -1.15. The Bertz CT molecular complexity index is 629. The number of methoxy groups -OCH3 is 1. The van der Waals surface area contributed by atoms with E-state index in [-0.39, 0.29) is 5.91 Å². The van der Waals surface area contributed by atoms with Crippen molar-refractivity contribution in [2.45, 2.75) is 25.9 Å². The number of ether oxygens (including phenoxy) is 2. The van der Waals surface area contributed by atoms with Gasteiger partial charge in [-0.05, 0) is 43.5 Å². The molecule has 0 aliphatic carbocycles. The number of nitrogens with zero attached hydrogens (tertiary/aromatic N) is 1. The van der Waals surface area contributed by atoms with Crippen LogP contribution in [0.2, 0.25) is 0 Å². The highest BCUT2D eigenvalue weighted by Gasteiger charge is 2.25. The molecule has 0 aromatic heterocycles. The molecule has 6 heteroatoms. The van der Waals surface area contributed by atoms with Gasteiger partial charge in [0.1, 0.15) is 0 Å². The van der Waals surface area contributed by atoms with Gasteiger partial charge in [0.2, 0.25) is 0 Å². The zero-order valence-corrected chi connectivity index (χ0v) is 13.9. The maximum atomic E-state index is 12.1. The summed E-state index contributed by atoms with van der Waals surface area (Å²) < 4.78 is 9.75. The number of rotatable bonds is 5. The highest BCUT2D eigenvalue weighted by molar-refractivity contribution is 5.91. The minimum Gasteiger partial charge on any atom is -0.465 e. The third-order valence-electron chi connectivity index (χ3n) is 3.80. The number of hydrogen-bond acceptors (Lipinski definition) is 5. The molecule has 0 unspecified atom stereocenters. The number of likely N-dealkylation sites (tertiary alicyclic amines) is 1. The van der Waals surface area contributed by atoms with E-state index in [0.717, 1.165) is 31.5 Å². The Morgan fingerprint density at radius 2 is 1.75 bits per heavy atom. The first-order valence-corrected chi connectivity index (χ1v) is 7.87. The summed E-state index contributed by atoms with van der Waals surface area (Å²) in [7, 11) is 1.32. The van der Waals surface area contributed by atoms with E-state index >= 15 is 0 Å². The van der Waals surface area contributed by atoms with Crippen LogP contribution >= 0.6 is 0 Å². The topological polar surface area (TPSA) is 72.9 Å². The van der Waals surface area contributed by atoms with Crippen LogP contribution in [0.25, 0.3) is 6.08 Å². The van der Waals surface area contributed by atoms with E-state index in [4.69, 9.17) is 4.74 Å². The van der Waals surface area contributed by atoms with Crippen molar-refractivity contribution >= 4 is 23.9 Å². The second-order valence-corrected chi connectivity index (χ2v) is 5.56. The number of amides is 1. The Kier molecular flexibility index (Phi) is 6.12. The van der Waals surface area contributed by atoms with Crippen molar-refractivity contribution in [3.8, 4) is 0 Å². The van der Waals surface area contributed by atoms with Crippen molar-refractivity contribution in [3.63, 3.8) is 0 Å². The molecule has 0 spiro atoms. The molecule has 1 aliphatic rings. The monoisotopic (exact) mass is 331 g/mol. The lowest BCUT2D eigenvalue weighted by Gasteiger charge is -2.19. The predicted octanol–water partition coefficient (Wildman–Crippen LogP) is 2.04. The summed E-state index contributed by atoms with van der Waals surface area (Å²) in [5, 5.41) is 0. The van der Waals surface area contributed by atoms with Gasteiger partial charge in [-0.3, -0.25) is 4.79 Å². The molecule has 1 saturated heterocycles. The molecule has 128 valence electrons. The zero-order valence-electron chi connectivity index (χ0n) is 13.9. The third-order valence-corrected chi connectivity index (χ3v) is 3.80. The summed E-state index contributed by atoms with van der Waals surface area (Å²) in [6, 6.07) is 6.59. The van der Waals surface area contributed by atoms with Gasteiger partial charge in [0.05, 0.1) is 12.7 Å². The van der Waals surface area contributed by atoms with Crippen molar-refractivity contribution in [1.82, 2.24) is 4.90 Å². The van der Waals surface area contributed by atoms with Crippen molar-refractivity contribution in [1.29, 1.82) is 0 Å². The molecule has 6 nitrogen and oxygen atoms in total. The minimum absolute atomic E-state index is 0.156. The van der Waals surface area contributed by atoms with Gasteiger partial charge in [0.15, 0.2) is 6.10 Å². The summed E-state index contributed by atoms with van der Waals surface area (Å²) >= 11 is 0. The van der Waals surface area contributed by atoms with Crippen LogP contribution in [0.1, 0.15) is 35.7 Å². The van der Waals surface area contributed by atoms with E-state index < -0.39 is 18.0 Å². The molecule has 0 saturated carbocycles. The lowest BCUT2D eigenvalue weighted by Crippen LogP contribution is -2.37. The van der Waals surface area contributed by atoms with Crippen LogP contribution in [0.3, 0.4) is 0 Å². The maximum absolute atomic E-state index is 12.1. The quantitative estimate of drug-likeness (QED) is 0.610. The van der Waals surface area contributed by atoms with Gasteiger partial charge in [-0.15, -0.1) is 0 Å². The lowest BCUT2D eigenvalue weighted by molar-refractivity contribution is -0.154. The van der Waals surface area contributed by atoms with E-state index in [1.54, 1.807) is 42.2 Å². The molecular formula is C18H21NO5. The molecule has 0 bridgehead atoms. The SMILES string of the molecule is COC(=O)c1ccc(/C=C\C(=O)O[C@H](C)C(=O)N2CCCC2)cc1. The molecule has 1 heterocycles. The van der Waals surface area contributed by atoms with Gasteiger partial charge < -0.3 is 14.4 Å². The van der Waals surface area contributed by atoms with Crippen molar-refractivity contribution < 1.29 is 23.9 Å². The number of esters is 2. The predicted molar refractivity (Wildman–Crippen MR) is 88.2 cm³/mol. The molecule has 0 radical (unpaired) electrons. The van der Waals surface area contributed by atoms with Crippen LogP contribution in [0.5, 0.6) is 0 Å². The number of carbonyl (C=O) groups excluding carboxylic acids is 3. The Balaban J connectivity index is 1.87. The van der Waals surface area contributed by atoms with Crippen LogP contribution in [0.4, 0.5) is 0 Å². The summed E-state index contributed by atoms with van der Waals surface area (Å²) in [6.45, 7) is 3.03. The second kappa shape index (κ2) is 8.29. The van der Waals surface area contributed by atoms with Gasteiger partial charge in [-0.25, -0.2) is 9.59 Å². The molecule has 24 heavy (non-hydrogen) atoms. The van der Waals surface area contributed by atoms with Gasteiger partial charge >= 0.3 is 11.9 Å². The largest absolute Gasteiger partial charge is 0.465 e. The molecular weight excluding hydrogens is 310 g/mol. The number of hydrogen-bond donors (Lipinski definition) is 0. The number of carbonyl (C=O) groups is 3. The van der Waals surface area contributed by atoms with Crippen molar-refractivity contribution in [3.05, 3.63) is 41.5 Å². The van der Waals surface area contributed by atoms with Gasteiger partial charge in [-0.2, -0.15) is 0 Å². The molecule has 2 rings (SSSR count). The van der Waals surface area contributed by atoms with E-state index in [1.807, 2.05) is 0 Å². The van der Waals surface area contributed by atoms with Crippen LogP contribution in [0, 0.1) is 0 Å². The fourth-order valence-corrected chi connectivity index (χ4v) is 2.47. The first-order chi connectivity index (χ1) is 11.5. The van der Waals surface area contributed by atoms with Crippen LogP contribution in [-0.2, 0) is 19.1 Å². The van der Waals surface area contributed by atoms with Crippen LogP contribution in [-0.4, -0.2) is 49.0 Å². The summed E-state index contributed by atoms with van der Waals surface area (Å²) in [5.41, 5.74) is 1.17. The maximum Gasteiger partial charge on any atom is 0.337 e. The first kappa shape index (κ1) is 17.7. The summed E-state index contributed by atoms with van der Waals surface area (Å²) in [6.07, 6.45) is 4.03. The van der Waals surface area contributed by atoms with Gasteiger partial charge in [0, 0.05) is 19.2 Å². The Morgan fingerprint density at radius 3 is 2.33 bits per heavy atom. The first-order valence-electron chi connectivity index (χ1n) is 7.87. The van der Waals surface area contributed by atoms with E-state index in [2.05, 4.69) is 4.74 Å². The fourth-order valence-electron chi connectivity index (χ4n) is 2.47. The van der Waals surface area contributed by atoms with Crippen LogP contribution < -0.4 is 0 Å². The molecule has 1 amide bonds. The van der Waals surface area contributed by atoms with Crippen molar-refractivity contribution in [2.24, 2.45) is 0 Å². The standard InChI is InChI=1S/C18H21NO5/c1-13(17(21)19-11-3-4-12-19)24-16(20)10-7-14-5-8-15(9-6-14)18(22)23-2/h5-10,13H,3-4,11-12H2,1-2H3/b10-7-/t13-/m1/s1. The zero-order chi connectivity index (χ0) is 17.5. The average Bonchev–Trinajstić information content (AvgIpc) is 3.13. The molecule has 1 fully saturated rings. The van der Waals surface area contributed by atoms with Crippen LogP contribution in [0.15, 0.2) is 30.3 Å². The minimum atomic E-state index is -0.790. The lowest BCUT2D eigenvalue weighted by atomic mass is 10.1. The molecule has 0 N–H and O–H groups in total. The van der Waals surface area contributed by atoms with Gasteiger partial charge in [0.25, 0.3) is 5.91 Å². The van der Waals surface area contributed by atoms with E-state index in [1.165, 1.54) is 13.2 Å². The average molecular weight is 331 g/mol. The number of benzene rings is 1. The normalized spacial score (nSPS) is 15.3. The molecule has 1 aromatic rings. The Hall–Kier alpha value is -2.63. The Labute approximate surface area is 141 Å². The second-order valence-electron chi connectivity index (χ2n) is 5.56.